The molecular formula is C14H9NO2S. The summed E-state index contributed by atoms with van der Waals surface area (Å²) in [7, 11) is 0. The highest BCUT2D eigenvalue weighted by molar-refractivity contribution is 7.99. The van der Waals surface area contributed by atoms with Gasteiger partial charge in [0, 0.05) is 20.9 Å². The third-order valence-corrected chi connectivity index (χ3v) is 3.99. The van der Waals surface area contributed by atoms with Gasteiger partial charge in [0.15, 0.2) is 12.6 Å². The average molecular weight is 255 g/mol. The predicted molar refractivity (Wildman–Crippen MR) is 71.1 cm³/mol. The standard InChI is InChI=1S/C14H9NO2S/c16-7-9-5-6-13-14(10(9)8-17)15-11-3-1-2-4-12(11)18-13/h1-8,15H. The SMILES string of the molecule is O=Cc1ccc2c(c1C=O)Nc1ccccc1S2. The molecule has 0 spiro atoms. The van der Waals surface area contributed by atoms with Crippen LogP contribution in [-0.4, -0.2) is 12.6 Å². The summed E-state index contributed by atoms with van der Waals surface area (Å²) >= 11 is 1.59. The Hall–Kier alpha value is -2.07. The molecule has 0 radical (unpaired) electrons. The molecule has 1 N–H and O–H groups in total. The molecule has 88 valence electrons. The highest BCUT2D eigenvalue weighted by Gasteiger charge is 2.19. The molecule has 0 saturated carbocycles. The molecule has 0 unspecified atom stereocenters. The molecule has 1 aliphatic heterocycles. The second kappa shape index (κ2) is 4.31. The van der Waals surface area contributed by atoms with Gasteiger partial charge in [-0.1, -0.05) is 23.9 Å². The van der Waals surface area contributed by atoms with Crippen LogP contribution in [0, 0.1) is 0 Å². The van der Waals surface area contributed by atoms with Gasteiger partial charge in [0.05, 0.1) is 11.4 Å². The third-order valence-electron chi connectivity index (χ3n) is 2.85. The molecule has 18 heavy (non-hydrogen) atoms. The molecule has 3 nitrogen and oxygen atoms in total. The minimum absolute atomic E-state index is 0.413. The Morgan fingerprint density at radius 1 is 0.944 bits per heavy atom. The van der Waals surface area contributed by atoms with Crippen molar-refractivity contribution in [3.05, 3.63) is 47.5 Å². The Balaban J connectivity index is 2.18. The molecule has 0 atom stereocenters. The van der Waals surface area contributed by atoms with E-state index in [0.29, 0.717) is 17.4 Å². The largest absolute Gasteiger partial charge is 0.353 e. The van der Waals surface area contributed by atoms with Gasteiger partial charge in [-0.3, -0.25) is 9.59 Å². The molecule has 4 heteroatoms. The number of benzene rings is 2. The molecule has 1 heterocycles. The van der Waals surface area contributed by atoms with Gasteiger partial charge in [-0.25, -0.2) is 0 Å². The van der Waals surface area contributed by atoms with E-state index >= 15 is 0 Å². The zero-order valence-corrected chi connectivity index (χ0v) is 10.2. The number of nitrogens with one attached hydrogen (secondary N) is 1. The molecule has 0 fully saturated rings. The fraction of sp³-hybridized carbons (Fsp3) is 0. The lowest BCUT2D eigenvalue weighted by atomic mass is 10.1. The van der Waals surface area contributed by atoms with Crippen molar-refractivity contribution in [2.24, 2.45) is 0 Å². The van der Waals surface area contributed by atoms with E-state index in [9.17, 15) is 9.59 Å². The van der Waals surface area contributed by atoms with Crippen LogP contribution < -0.4 is 5.32 Å². The first-order chi connectivity index (χ1) is 8.83. The maximum Gasteiger partial charge on any atom is 0.152 e. The van der Waals surface area contributed by atoms with Gasteiger partial charge in [0.25, 0.3) is 0 Å². The van der Waals surface area contributed by atoms with Gasteiger partial charge < -0.3 is 5.32 Å². The van der Waals surface area contributed by atoms with Crippen LogP contribution >= 0.6 is 11.8 Å². The van der Waals surface area contributed by atoms with Crippen LogP contribution in [0.15, 0.2) is 46.2 Å². The summed E-state index contributed by atoms with van der Waals surface area (Å²) in [5.74, 6) is 0. The molecule has 1 aliphatic rings. The van der Waals surface area contributed by atoms with Crippen LogP contribution in [0.2, 0.25) is 0 Å². The van der Waals surface area contributed by atoms with Crippen molar-refractivity contribution in [2.75, 3.05) is 5.32 Å². The second-order valence-electron chi connectivity index (χ2n) is 3.90. The van der Waals surface area contributed by atoms with E-state index in [2.05, 4.69) is 5.32 Å². The van der Waals surface area contributed by atoms with Gasteiger partial charge in [0.2, 0.25) is 0 Å². The first-order valence-electron chi connectivity index (χ1n) is 5.45. The normalized spacial score (nSPS) is 12.0. The Morgan fingerprint density at radius 3 is 2.56 bits per heavy atom. The zero-order chi connectivity index (χ0) is 12.5. The third kappa shape index (κ3) is 1.62. The molecule has 2 aromatic carbocycles. The van der Waals surface area contributed by atoms with Crippen molar-refractivity contribution in [2.45, 2.75) is 9.79 Å². The number of fused-ring (bicyclic) bond motifs is 2. The number of aldehydes is 2. The number of carbonyl (C=O) groups is 2. The maximum absolute atomic E-state index is 11.2. The van der Waals surface area contributed by atoms with Gasteiger partial charge in [-0.15, -0.1) is 0 Å². The first-order valence-corrected chi connectivity index (χ1v) is 6.26. The zero-order valence-electron chi connectivity index (χ0n) is 9.34. The summed E-state index contributed by atoms with van der Waals surface area (Å²) in [6, 6.07) is 11.4. The smallest absolute Gasteiger partial charge is 0.152 e. The minimum Gasteiger partial charge on any atom is -0.353 e. The minimum atomic E-state index is 0.413. The topological polar surface area (TPSA) is 46.2 Å². The number of rotatable bonds is 2. The molecule has 0 saturated heterocycles. The second-order valence-corrected chi connectivity index (χ2v) is 4.98. The van der Waals surface area contributed by atoms with E-state index in [0.717, 1.165) is 27.5 Å². The Kier molecular flexibility index (Phi) is 2.64. The molecule has 0 amide bonds. The van der Waals surface area contributed by atoms with Gasteiger partial charge in [-0.2, -0.15) is 0 Å². The van der Waals surface area contributed by atoms with E-state index in [1.807, 2.05) is 30.3 Å². The quantitative estimate of drug-likeness (QED) is 0.712. The van der Waals surface area contributed by atoms with E-state index in [-0.39, 0.29) is 0 Å². The average Bonchev–Trinajstić information content (AvgIpc) is 2.43. The van der Waals surface area contributed by atoms with E-state index in [4.69, 9.17) is 0 Å². The molecule has 0 aromatic heterocycles. The van der Waals surface area contributed by atoms with E-state index in [1.165, 1.54) is 0 Å². The number of carbonyl (C=O) groups excluding carboxylic acids is 2. The Bertz CT molecular complexity index is 652. The summed E-state index contributed by atoms with van der Waals surface area (Å²) in [6.45, 7) is 0. The molecule has 0 bridgehead atoms. The van der Waals surface area contributed by atoms with Crippen LogP contribution in [0.3, 0.4) is 0 Å². The predicted octanol–water partition coefficient (Wildman–Crippen LogP) is 3.52. The number of anilines is 2. The highest BCUT2D eigenvalue weighted by atomic mass is 32.2. The molecule has 3 rings (SSSR count). The monoisotopic (exact) mass is 255 g/mol. The summed E-state index contributed by atoms with van der Waals surface area (Å²) in [4.78, 5) is 24.2. The van der Waals surface area contributed by atoms with Crippen molar-refractivity contribution < 1.29 is 9.59 Å². The lowest BCUT2D eigenvalue weighted by molar-refractivity contribution is 0.109. The number of hydrogen-bond acceptors (Lipinski definition) is 4. The summed E-state index contributed by atoms with van der Waals surface area (Å²) < 4.78 is 0. The van der Waals surface area contributed by atoms with Crippen LogP contribution in [0.1, 0.15) is 20.7 Å². The fourth-order valence-electron chi connectivity index (χ4n) is 1.97. The van der Waals surface area contributed by atoms with Gasteiger partial charge in [0.1, 0.15) is 0 Å². The lowest BCUT2D eigenvalue weighted by Gasteiger charge is -2.22. The van der Waals surface area contributed by atoms with Crippen LogP contribution in [-0.2, 0) is 0 Å². The number of hydrogen-bond donors (Lipinski definition) is 1. The Labute approximate surface area is 108 Å². The molecule has 0 aliphatic carbocycles. The van der Waals surface area contributed by atoms with Crippen LogP contribution in [0.25, 0.3) is 0 Å². The fourth-order valence-corrected chi connectivity index (χ4v) is 2.98. The van der Waals surface area contributed by atoms with Crippen molar-refractivity contribution in [1.29, 1.82) is 0 Å². The summed E-state index contributed by atoms with van der Waals surface area (Å²) in [6.07, 6.45) is 1.43. The van der Waals surface area contributed by atoms with Gasteiger partial charge >= 0.3 is 0 Å². The van der Waals surface area contributed by atoms with Crippen molar-refractivity contribution in [3.8, 4) is 0 Å². The van der Waals surface area contributed by atoms with Crippen LogP contribution in [0.5, 0.6) is 0 Å². The van der Waals surface area contributed by atoms with Crippen LogP contribution in [0.4, 0.5) is 11.4 Å². The van der Waals surface area contributed by atoms with Crippen molar-refractivity contribution in [1.82, 2.24) is 0 Å². The van der Waals surface area contributed by atoms with E-state index < -0.39 is 0 Å². The highest BCUT2D eigenvalue weighted by Crippen LogP contribution is 2.45. The summed E-state index contributed by atoms with van der Waals surface area (Å²) in [5.41, 5.74) is 2.51. The Morgan fingerprint density at radius 2 is 1.78 bits per heavy atom. The number of para-hydroxylation sites is 1. The first kappa shape index (κ1) is 11.0. The lowest BCUT2D eigenvalue weighted by Crippen LogP contribution is -2.05. The van der Waals surface area contributed by atoms with E-state index in [1.54, 1.807) is 17.8 Å². The van der Waals surface area contributed by atoms with Gasteiger partial charge in [-0.05, 0) is 24.3 Å². The van der Waals surface area contributed by atoms with Crippen molar-refractivity contribution >= 4 is 35.7 Å². The summed E-state index contributed by atoms with van der Waals surface area (Å²) in [5, 5.41) is 3.22. The van der Waals surface area contributed by atoms with Crippen molar-refractivity contribution in [3.63, 3.8) is 0 Å². The molecule has 2 aromatic rings. The molecular weight excluding hydrogens is 246 g/mol. The maximum atomic E-state index is 11.2.